The summed E-state index contributed by atoms with van der Waals surface area (Å²) in [5.74, 6) is 1.55. The Hall–Kier alpha value is -2.99. The van der Waals surface area contributed by atoms with E-state index < -0.39 is 0 Å². The molecule has 1 fully saturated rings. The van der Waals surface area contributed by atoms with Crippen molar-refractivity contribution in [3.8, 4) is 28.1 Å². The van der Waals surface area contributed by atoms with Crippen molar-refractivity contribution in [2.75, 3.05) is 18.9 Å². The predicted octanol–water partition coefficient (Wildman–Crippen LogP) is 3.54. The fraction of sp³-hybridized carbons (Fsp3) is 0.318. The van der Waals surface area contributed by atoms with Gasteiger partial charge in [0.2, 0.25) is 0 Å². The maximum Gasteiger partial charge on any atom is 0.132 e. The number of aryl methyl sites for hydroxylation is 1. The van der Waals surface area contributed by atoms with Crippen LogP contribution in [-0.4, -0.2) is 28.1 Å². The van der Waals surface area contributed by atoms with Crippen LogP contribution in [0.2, 0.25) is 0 Å². The number of nitrogens with two attached hydrogens (primary N) is 1. The molecule has 0 unspecified atom stereocenters. The molecule has 0 amide bonds. The van der Waals surface area contributed by atoms with Gasteiger partial charge in [-0.3, -0.25) is 0 Å². The Kier molecular flexibility index (Phi) is 4.41. The van der Waals surface area contributed by atoms with Gasteiger partial charge in [0.05, 0.1) is 12.3 Å². The molecule has 3 N–H and O–H groups in total. The monoisotopic (exact) mass is 373 g/mol. The minimum absolute atomic E-state index is 0.356. The zero-order valence-corrected chi connectivity index (χ0v) is 15.7. The maximum atomic E-state index is 6.14. The number of hydrogen-bond acceptors (Lipinski definition) is 6. The summed E-state index contributed by atoms with van der Waals surface area (Å²) in [7, 11) is 0. The van der Waals surface area contributed by atoms with E-state index in [4.69, 9.17) is 10.5 Å². The van der Waals surface area contributed by atoms with Crippen LogP contribution < -0.4 is 15.8 Å². The van der Waals surface area contributed by atoms with Crippen molar-refractivity contribution < 1.29 is 4.74 Å². The fourth-order valence-corrected chi connectivity index (χ4v) is 4.18. The third-order valence-corrected chi connectivity index (χ3v) is 5.58. The quantitative estimate of drug-likeness (QED) is 0.730. The first kappa shape index (κ1) is 17.1. The Morgan fingerprint density at radius 1 is 1.11 bits per heavy atom. The van der Waals surface area contributed by atoms with E-state index in [1.165, 1.54) is 23.9 Å². The second-order valence-electron chi connectivity index (χ2n) is 7.41. The van der Waals surface area contributed by atoms with E-state index in [2.05, 4.69) is 38.5 Å². The molecule has 142 valence electrons. The molecule has 3 aromatic rings. The van der Waals surface area contributed by atoms with Crippen molar-refractivity contribution in [3.05, 3.63) is 54.1 Å². The van der Waals surface area contributed by atoms with Gasteiger partial charge >= 0.3 is 0 Å². The molecular formula is C22H23N5O. The van der Waals surface area contributed by atoms with Gasteiger partial charge in [-0.1, -0.05) is 0 Å². The molecule has 4 heterocycles. The number of nitrogens with one attached hydrogen (secondary N) is 1. The summed E-state index contributed by atoms with van der Waals surface area (Å²) >= 11 is 0. The van der Waals surface area contributed by atoms with Crippen LogP contribution in [0.15, 0.2) is 43.0 Å². The lowest BCUT2D eigenvalue weighted by atomic mass is 9.92. The number of pyridine rings is 1. The van der Waals surface area contributed by atoms with E-state index in [0.717, 1.165) is 60.5 Å². The predicted molar refractivity (Wildman–Crippen MR) is 109 cm³/mol. The molecule has 5 rings (SSSR count). The number of nitrogen functional groups attached to an aromatic ring is 1. The number of benzene rings is 1. The number of ether oxygens (including phenoxy) is 1. The summed E-state index contributed by atoms with van der Waals surface area (Å²) in [5, 5.41) is 3.62. The molecule has 1 aromatic carbocycles. The highest BCUT2D eigenvalue weighted by Gasteiger charge is 2.25. The van der Waals surface area contributed by atoms with Crippen LogP contribution in [0.3, 0.4) is 0 Å². The van der Waals surface area contributed by atoms with E-state index in [1.54, 1.807) is 6.20 Å². The van der Waals surface area contributed by atoms with Gasteiger partial charge in [0, 0.05) is 35.1 Å². The Bertz CT molecular complexity index is 999. The molecule has 0 radical (unpaired) electrons. The first-order valence-corrected chi connectivity index (χ1v) is 9.85. The minimum atomic E-state index is 0.356. The van der Waals surface area contributed by atoms with Gasteiger partial charge in [0.1, 0.15) is 17.9 Å². The highest BCUT2D eigenvalue weighted by atomic mass is 16.5. The van der Waals surface area contributed by atoms with Gasteiger partial charge in [-0.2, -0.15) is 0 Å². The highest BCUT2D eigenvalue weighted by Crippen LogP contribution is 2.40. The normalized spacial score (nSPS) is 18.5. The number of nitrogens with zero attached hydrogens (tertiary/aromatic N) is 3. The van der Waals surface area contributed by atoms with Crippen LogP contribution in [0.4, 0.5) is 5.82 Å². The average molecular weight is 373 g/mol. The maximum absolute atomic E-state index is 6.14. The second kappa shape index (κ2) is 7.20. The Labute approximate surface area is 164 Å². The van der Waals surface area contributed by atoms with Crippen molar-refractivity contribution in [2.45, 2.75) is 31.7 Å². The van der Waals surface area contributed by atoms with E-state index in [-0.39, 0.29) is 0 Å². The SMILES string of the molecule is Nc1ncc(-c2cc3c(c([C@@H]4CCCN4)c2)OCCC3)cc1-c1ccncn1. The summed E-state index contributed by atoms with van der Waals surface area (Å²) < 4.78 is 6.08. The van der Waals surface area contributed by atoms with Crippen LogP contribution in [0.25, 0.3) is 22.4 Å². The molecule has 1 atom stereocenters. The van der Waals surface area contributed by atoms with Gasteiger partial charge in [0.15, 0.2) is 0 Å². The topological polar surface area (TPSA) is 86.0 Å². The van der Waals surface area contributed by atoms with Gasteiger partial charge in [-0.15, -0.1) is 0 Å². The third kappa shape index (κ3) is 3.10. The van der Waals surface area contributed by atoms with E-state index >= 15 is 0 Å². The van der Waals surface area contributed by atoms with E-state index in [1.807, 2.05) is 12.3 Å². The number of hydrogen-bond donors (Lipinski definition) is 2. The first-order valence-electron chi connectivity index (χ1n) is 9.85. The molecule has 6 nitrogen and oxygen atoms in total. The molecule has 1 saturated heterocycles. The van der Waals surface area contributed by atoms with E-state index in [0.29, 0.717) is 11.9 Å². The summed E-state index contributed by atoms with van der Waals surface area (Å²) in [5.41, 5.74) is 12.5. The van der Waals surface area contributed by atoms with Gasteiger partial charge in [-0.25, -0.2) is 15.0 Å². The van der Waals surface area contributed by atoms with Crippen molar-refractivity contribution in [3.63, 3.8) is 0 Å². The molecule has 28 heavy (non-hydrogen) atoms. The number of aromatic nitrogens is 3. The minimum Gasteiger partial charge on any atom is -0.493 e. The average Bonchev–Trinajstić information content (AvgIpc) is 3.29. The summed E-state index contributed by atoms with van der Waals surface area (Å²) in [6.45, 7) is 1.86. The Morgan fingerprint density at radius 3 is 2.89 bits per heavy atom. The van der Waals surface area contributed by atoms with Crippen LogP contribution in [-0.2, 0) is 6.42 Å². The lowest BCUT2D eigenvalue weighted by Gasteiger charge is -2.25. The molecule has 0 spiro atoms. The van der Waals surface area contributed by atoms with Crippen molar-refractivity contribution in [1.29, 1.82) is 0 Å². The zero-order valence-electron chi connectivity index (χ0n) is 15.7. The van der Waals surface area contributed by atoms with Gasteiger partial charge in [-0.05, 0) is 67.6 Å². The fourth-order valence-electron chi connectivity index (χ4n) is 4.18. The number of fused-ring (bicyclic) bond motifs is 1. The smallest absolute Gasteiger partial charge is 0.132 e. The summed E-state index contributed by atoms with van der Waals surface area (Å²) in [4.78, 5) is 12.8. The molecular weight excluding hydrogens is 350 g/mol. The van der Waals surface area contributed by atoms with Crippen molar-refractivity contribution in [1.82, 2.24) is 20.3 Å². The molecule has 0 aliphatic carbocycles. The van der Waals surface area contributed by atoms with Crippen LogP contribution in [0.5, 0.6) is 5.75 Å². The Balaban J connectivity index is 1.62. The molecule has 0 saturated carbocycles. The number of anilines is 1. The van der Waals surface area contributed by atoms with Crippen LogP contribution >= 0.6 is 0 Å². The highest BCUT2D eigenvalue weighted by molar-refractivity contribution is 5.78. The standard InChI is InChI=1S/C22H23N5O/c23-22-18(20-5-7-24-13-27-20)11-16(12-26-22)15-9-14-3-2-8-28-21(14)17(10-15)19-4-1-6-25-19/h5,7,9-13,19,25H,1-4,6,8H2,(H2,23,26)/t19-/m0/s1. The van der Waals surface area contributed by atoms with Gasteiger partial charge in [0.25, 0.3) is 0 Å². The zero-order chi connectivity index (χ0) is 18.9. The lowest BCUT2D eigenvalue weighted by Crippen LogP contribution is -2.17. The van der Waals surface area contributed by atoms with Crippen LogP contribution in [0.1, 0.15) is 36.4 Å². The molecule has 0 bridgehead atoms. The third-order valence-electron chi connectivity index (χ3n) is 5.58. The molecule has 2 aromatic heterocycles. The lowest BCUT2D eigenvalue weighted by molar-refractivity contribution is 0.282. The number of rotatable bonds is 3. The molecule has 6 heteroatoms. The molecule has 2 aliphatic heterocycles. The van der Waals surface area contributed by atoms with E-state index in [9.17, 15) is 0 Å². The summed E-state index contributed by atoms with van der Waals surface area (Å²) in [6, 6.07) is 8.77. The first-order chi connectivity index (χ1) is 13.8. The van der Waals surface area contributed by atoms with Gasteiger partial charge < -0.3 is 15.8 Å². The van der Waals surface area contributed by atoms with Crippen molar-refractivity contribution >= 4 is 5.82 Å². The van der Waals surface area contributed by atoms with Crippen molar-refractivity contribution in [2.24, 2.45) is 0 Å². The molecule has 2 aliphatic rings. The largest absolute Gasteiger partial charge is 0.493 e. The summed E-state index contributed by atoms with van der Waals surface area (Å²) in [6.07, 6.45) is 9.54. The Morgan fingerprint density at radius 2 is 2.07 bits per heavy atom. The second-order valence-corrected chi connectivity index (χ2v) is 7.41. The van der Waals surface area contributed by atoms with Crippen LogP contribution in [0, 0.1) is 0 Å².